The second kappa shape index (κ2) is 7.62. The van der Waals surface area contributed by atoms with Gasteiger partial charge in [0.15, 0.2) is 0 Å². The van der Waals surface area contributed by atoms with Crippen LogP contribution in [-0.4, -0.2) is 45.0 Å². The minimum Gasteiger partial charge on any atom is -0.480 e. The molecule has 0 saturated heterocycles. The molecule has 0 aromatic rings. The molecule has 0 amide bonds. The molecule has 0 aliphatic heterocycles. The average Bonchev–Trinajstić information content (AvgIpc) is 2.20. The molecular formula is C10H21NO5S. The monoisotopic (exact) mass is 267 g/mol. The fraction of sp³-hybridized carbons (Fsp3) is 0.900. The summed E-state index contributed by atoms with van der Waals surface area (Å²) < 4.78 is 30.2. The smallest absolute Gasteiger partial charge is 0.321 e. The second-order valence-corrected chi connectivity index (χ2v) is 6.07. The molecule has 0 bridgehead atoms. The maximum absolute atomic E-state index is 11.6. The predicted octanol–water partition coefficient (Wildman–Crippen LogP) is 0.442. The number of unbranched alkanes of at least 4 members (excludes halogenated alkanes) is 1. The van der Waals surface area contributed by atoms with Gasteiger partial charge in [0.05, 0.1) is 5.75 Å². The van der Waals surface area contributed by atoms with Crippen LogP contribution >= 0.6 is 0 Å². The normalized spacial score (nSPS) is 13.9. The van der Waals surface area contributed by atoms with E-state index in [2.05, 4.69) is 4.72 Å². The van der Waals surface area contributed by atoms with Gasteiger partial charge in [-0.3, -0.25) is 4.79 Å². The third-order valence-electron chi connectivity index (χ3n) is 2.25. The van der Waals surface area contributed by atoms with Gasteiger partial charge in [-0.25, -0.2) is 13.1 Å². The number of nitrogens with one attached hydrogen (secondary N) is 1. The van der Waals surface area contributed by atoms with Gasteiger partial charge < -0.3 is 9.84 Å². The molecule has 1 atom stereocenters. The summed E-state index contributed by atoms with van der Waals surface area (Å²) in [5.41, 5.74) is 0. The fourth-order valence-electron chi connectivity index (χ4n) is 1.26. The van der Waals surface area contributed by atoms with Gasteiger partial charge in [-0.15, -0.1) is 0 Å². The van der Waals surface area contributed by atoms with Crippen LogP contribution in [-0.2, 0) is 19.6 Å². The molecule has 0 aromatic heterocycles. The van der Waals surface area contributed by atoms with E-state index in [-0.39, 0.29) is 11.7 Å². The minimum absolute atomic E-state index is 0.0765. The van der Waals surface area contributed by atoms with Crippen LogP contribution < -0.4 is 4.72 Å². The lowest BCUT2D eigenvalue weighted by molar-refractivity contribution is -0.140. The Hall–Kier alpha value is -0.660. The van der Waals surface area contributed by atoms with Crippen LogP contribution in [0.4, 0.5) is 0 Å². The van der Waals surface area contributed by atoms with Crippen LogP contribution in [0.3, 0.4) is 0 Å². The number of sulfonamides is 1. The molecule has 17 heavy (non-hydrogen) atoms. The second-order valence-electron chi connectivity index (χ2n) is 4.20. The van der Waals surface area contributed by atoms with E-state index in [1.165, 1.54) is 0 Å². The van der Waals surface area contributed by atoms with Crippen molar-refractivity contribution in [3.05, 3.63) is 0 Å². The molecular weight excluding hydrogens is 246 g/mol. The summed E-state index contributed by atoms with van der Waals surface area (Å²) in [6, 6.07) is -1.07. The van der Waals surface area contributed by atoms with Gasteiger partial charge in [0.2, 0.25) is 10.0 Å². The number of aliphatic carboxylic acids is 1. The first kappa shape index (κ1) is 16.3. The molecule has 0 rings (SSSR count). The van der Waals surface area contributed by atoms with E-state index in [1.54, 1.807) is 21.0 Å². The van der Waals surface area contributed by atoms with Crippen molar-refractivity contribution in [3.63, 3.8) is 0 Å². The molecule has 2 N–H and O–H groups in total. The maximum Gasteiger partial charge on any atom is 0.321 e. The van der Waals surface area contributed by atoms with Crippen LogP contribution in [0.2, 0.25) is 0 Å². The molecule has 0 spiro atoms. The van der Waals surface area contributed by atoms with E-state index >= 15 is 0 Å². The fourth-order valence-corrected chi connectivity index (χ4v) is 2.72. The third-order valence-corrected chi connectivity index (χ3v) is 3.69. The van der Waals surface area contributed by atoms with Gasteiger partial charge in [0.1, 0.15) is 6.04 Å². The van der Waals surface area contributed by atoms with E-state index in [0.29, 0.717) is 19.4 Å². The van der Waals surface area contributed by atoms with E-state index < -0.39 is 22.0 Å². The van der Waals surface area contributed by atoms with Crippen molar-refractivity contribution in [3.8, 4) is 0 Å². The first-order valence-corrected chi connectivity index (χ1v) is 7.17. The van der Waals surface area contributed by atoms with E-state index in [4.69, 9.17) is 9.84 Å². The molecule has 0 aromatic carbocycles. The van der Waals surface area contributed by atoms with Gasteiger partial charge in [-0.05, 0) is 18.8 Å². The highest BCUT2D eigenvalue weighted by Gasteiger charge is 2.26. The molecule has 0 unspecified atom stereocenters. The summed E-state index contributed by atoms with van der Waals surface area (Å²) in [5, 5.41) is 8.87. The summed E-state index contributed by atoms with van der Waals surface area (Å²) in [7, 11) is -1.99. The van der Waals surface area contributed by atoms with Crippen LogP contribution in [0, 0.1) is 5.92 Å². The van der Waals surface area contributed by atoms with Gasteiger partial charge in [0, 0.05) is 13.7 Å². The zero-order chi connectivity index (χ0) is 13.5. The van der Waals surface area contributed by atoms with E-state index in [0.717, 1.165) is 0 Å². The molecule has 0 radical (unpaired) electrons. The third kappa shape index (κ3) is 7.30. The number of carbonyl (C=O) groups is 1. The number of ether oxygens (including phenoxy) is 1. The Bertz CT molecular complexity index is 326. The van der Waals surface area contributed by atoms with E-state index in [1.807, 2.05) is 0 Å². The SMILES string of the molecule is COCCCCS(=O)(=O)N[C@H](C(=O)O)C(C)C. The highest BCUT2D eigenvalue weighted by Crippen LogP contribution is 2.05. The lowest BCUT2D eigenvalue weighted by Gasteiger charge is -2.17. The highest BCUT2D eigenvalue weighted by molar-refractivity contribution is 7.89. The minimum atomic E-state index is -3.54. The number of rotatable bonds is 9. The van der Waals surface area contributed by atoms with Crippen molar-refractivity contribution in [2.45, 2.75) is 32.7 Å². The van der Waals surface area contributed by atoms with Crippen molar-refractivity contribution in [1.82, 2.24) is 4.72 Å². The number of hydrogen-bond donors (Lipinski definition) is 2. The standard InChI is InChI=1S/C10H21NO5S/c1-8(2)9(10(12)13)11-17(14,15)7-5-4-6-16-3/h8-9,11H,4-7H2,1-3H3,(H,12,13)/t9-/m0/s1. The number of hydrogen-bond acceptors (Lipinski definition) is 4. The maximum atomic E-state index is 11.6. The van der Waals surface area contributed by atoms with Crippen molar-refractivity contribution in [1.29, 1.82) is 0 Å². The largest absolute Gasteiger partial charge is 0.480 e. The molecule has 0 aliphatic rings. The number of carboxylic acid groups (broad SMARTS) is 1. The van der Waals surface area contributed by atoms with Gasteiger partial charge in [-0.1, -0.05) is 13.8 Å². The molecule has 7 heteroatoms. The van der Waals surface area contributed by atoms with Crippen LogP contribution in [0.15, 0.2) is 0 Å². The first-order valence-electron chi connectivity index (χ1n) is 5.52. The Kier molecular flexibility index (Phi) is 7.33. The summed E-state index contributed by atoms with van der Waals surface area (Å²) >= 11 is 0. The van der Waals surface area contributed by atoms with Crippen molar-refractivity contribution < 1.29 is 23.1 Å². The summed E-state index contributed by atoms with van der Waals surface area (Å²) in [6.45, 7) is 3.82. The Labute approximate surface area is 102 Å². The van der Waals surface area contributed by atoms with Crippen molar-refractivity contribution >= 4 is 16.0 Å². The van der Waals surface area contributed by atoms with Crippen LogP contribution in [0.25, 0.3) is 0 Å². The first-order chi connectivity index (χ1) is 7.80. The molecule has 0 saturated carbocycles. The number of carboxylic acids is 1. The zero-order valence-electron chi connectivity index (χ0n) is 10.5. The lowest BCUT2D eigenvalue weighted by atomic mass is 10.1. The molecule has 0 heterocycles. The van der Waals surface area contributed by atoms with Crippen LogP contribution in [0.1, 0.15) is 26.7 Å². The average molecular weight is 267 g/mol. The summed E-state index contributed by atoms with van der Waals surface area (Å²) in [6.07, 6.45) is 1.09. The summed E-state index contributed by atoms with van der Waals surface area (Å²) in [5.74, 6) is -1.52. The Morgan fingerprint density at radius 3 is 2.35 bits per heavy atom. The predicted molar refractivity (Wildman–Crippen MR) is 64.3 cm³/mol. The lowest BCUT2D eigenvalue weighted by Crippen LogP contribution is -2.45. The topological polar surface area (TPSA) is 92.7 Å². The molecule has 102 valence electrons. The summed E-state index contributed by atoms with van der Waals surface area (Å²) in [4.78, 5) is 10.8. The van der Waals surface area contributed by atoms with Crippen LogP contribution in [0.5, 0.6) is 0 Å². The molecule has 0 fully saturated rings. The Morgan fingerprint density at radius 2 is 1.94 bits per heavy atom. The number of methoxy groups -OCH3 is 1. The van der Waals surface area contributed by atoms with Crippen molar-refractivity contribution in [2.75, 3.05) is 19.5 Å². The quantitative estimate of drug-likeness (QED) is 0.591. The van der Waals surface area contributed by atoms with E-state index in [9.17, 15) is 13.2 Å². The Balaban J connectivity index is 4.27. The van der Waals surface area contributed by atoms with Gasteiger partial charge >= 0.3 is 5.97 Å². The molecule has 0 aliphatic carbocycles. The van der Waals surface area contributed by atoms with Gasteiger partial charge in [-0.2, -0.15) is 0 Å². The zero-order valence-corrected chi connectivity index (χ0v) is 11.3. The van der Waals surface area contributed by atoms with Gasteiger partial charge in [0.25, 0.3) is 0 Å². The van der Waals surface area contributed by atoms with Crippen molar-refractivity contribution in [2.24, 2.45) is 5.92 Å². The highest BCUT2D eigenvalue weighted by atomic mass is 32.2. The molecule has 6 nitrogen and oxygen atoms in total. The Morgan fingerprint density at radius 1 is 1.35 bits per heavy atom.